The van der Waals surface area contributed by atoms with Crippen molar-refractivity contribution in [2.24, 2.45) is 0 Å². The van der Waals surface area contributed by atoms with Crippen molar-refractivity contribution in [1.29, 1.82) is 0 Å². The van der Waals surface area contributed by atoms with E-state index in [9.17, 15) is 14.4 Å². The van der Waals surface area contributed by atoms with Crippen molar-refractivity contribution in [3.63, 3.8) is 0 Å². The monoisotopic (exact) mass is 1030 g/mol. The summed E-state index contributed by atoms with van der Waals surface area (Å²) in [4.78, 5) is 38.3. The van der Waals surface area contributed by atoms with Gasteiger partial charge in [-0.1, -0.05) is 260 Å². The number of unbranched alkanes of at least 4 members (excludes halogenated alkanes) is 32. The molecule has 0 aromatic heterocycles. The van der Waals surface area contributed by atoms with Crippen LogP contribution in [0.3, 0.4) is 0 Å². The molecule has 426 valence electrons. The molecule has 0 N–H and O–H groups in total. The Morgan fingerprint density at radius 2 is 0.527 bits per heavy atom. The minimum Gasteiger partial charge on any atom is -0.462 e. The molecule has 0 fully saturated rings. The van der Waals surface area contributed by atoms with Gasteiger partial charge in [-0.2, -0.15) is 0 Å². The van der Waals surface area contributed by atoms with Gasteiger partial charge in [0.2, 0.25) is 0 Å². The van der Waals surface area contributed by atoms with Crippen molar-refractivity contribution in [3.8, 4) is 0 Å². The second-order valence-corrected chi connectivity index (χ2v) is 20.9. The molecule has 6 heteroatoms. The smallest absolute Gasteiger partial charge is 0.306 e. The molecule has 0 aliphatic carbocycles. The Kier molecular flexibility index (Phi) is 59.3. The molecule has 0 radical (unpaired) electrons. The number of hydrogen-bond acceptors (Lipinski definition) is 6. The normalized spacial score (nSPS) is 12.6. The fourth-order valence-corrected chi connectivity index (χ4v) is 8.87. The first-order valence-electron chi connectivity index (χ1n) is 31.6. The lowest BCUT2D eigenvalue weighted by molar-refractivity contribution is -0.167. The molecule has 0 aromatic carbocycles. The van der Waals surface area contributed by atoms with Gasteiger partial charge < -0.3 is 14.2 Å². The molecule has 0 heterocycles. The van der Waals surface area contributed by atoms with E-state index >= 15 is 0 Å². The molecule has 1 unspecified atom stereocenters. The van der Waals surface area contributed by atoms with Crippen LogP contribution >= 0.6 is 0 Å². The highest BCUT2D eigenvalue weighted by Gasteiger charge is 2.19. The minimum atomic E-state index is -0.788. The van der Waals surface area contributed by atoms with Gasteiger partial charge in [0, 0.05) is 19.3 Å². The molecule has 0 aliphatic rings. The SMILES string of the molecule is CC/C=C\C/C=C\C/C=C\C/C=C\CCCCCCCCCCCCC(=O)OCC(COC(=O)CCCCCCC/C=C\C/C=C\CCCCCC)OC(=O)CCCCCCCCC/C=C\CCCCCCCC. The van der Waals surface area contributed by atoms with Gasteiger partial charge in [0.05, 0.1) is 0 Å². The van der Waals surface area contributed by atoms with Gasteiger partial charge >= 0.3 is 17.9 Å². The summed E-state index contributed by atoms with van der Waals surface area (Å²) in [6.07, 6.45) is 81.5. The third-order valence-corrected chi connectivity index (χ3v) is 13.6. The van der Waals surface area contributed by atoms with Crippen LogP contribution in [0.25, 0.3) is 0 Å². The molecule has 6 nitrogen and oxygen atoms in total. The average molecular weight is 1030 g/mol. The quantitative estimate of drug-likeness (QED) is 0.0261. The number of ether oxygens (including phenoxy) is 3. The Morgan fingerprint density at radius 1 is 0.284 bits per heavy atom. The van der Waals surface area contributed by atoms with Crippen LogP contribution in [-0.4, -0.2) is 37.2 Å². The summed E-state index contributed by atoms with van der Waals surface area (Å²) < 4.78 is 16.9. The highest BCUT2D eigenvalue weighted by atomic mass is 16.6. The molecule has 0 saturated carbocycles. The van der Waals surface area contributed by atoms with Crippen molar-refractivity contribution in [3.05, 3.63) is 85.1 Å². The molecule has 0 rings (SSSR count). The summed E-state index contributed by atoms with van der Waals surface area (Å²) in [5, 5.41) is 0. The van der Waals surface area contributed by atoms with Crippen LogP contribution in [0.4, 0.5) is 0 Å². The summed E-state index contributed by atoms with van der Waals surface area (Å²) in [6.45, 7) is 6.52. The van der Waals surface area contributed by atoms with E-state index in [0.29, 0.717) is 19.3 Å². The second kappa shape index (κ2) is 62.1. The lowest BCUT2D eigenvalue weighted by Crippen LogP contribution is -2.30. The largest absolute Gasteiger partial charge is 0.462 e. The lowest BCUT2D eigenvalue weighted by atomic mass is 10.1. The maximum Gasteiger partial charge on any atom is 0.306 e. The Bertz CT molecular complexity index is 1420. The van der Waals surface area contributed by atoms with Gasteiger partial charge in [0.25, 0.3) is 0 Å². The number of hydrogen-bond donors (Lipinski definition) is 0. The fourth-order valence-electron chi connectivity index (χ4n) is 8.87. The van der Waals surface area contributed by atoms with Crippen LogP contribution in [0.2, 0.25) is 0 Å². The van der Waals surface area contributed by atoms with E-state index in [2.05, 4.69) is 106 Å². The summed E-state index contributed by atoms with van der Waals surface area (Å²) >= 11 is 0. The number of carbonyl (C=O) groups is 3. The van der Waals surface area contributed by atoms with Gasteiger partial charge in [0.1, 0.15) is 13.2 Å². The molecular weight excluding hydrogens is 913 g/mol. The second-order valence-electron chi connectivity index (χ2n) is 20.9. The molecule has 0 bridgehead atoms. The van der Waals surface area contributed by atoms with Crippen LogP contribution < -0.4 is 0 Å². The summed E-state index contributed by atoms with van der Waals surface area (Å²) in [7, 11) is 0. The number of esters is 3. The van der Waals surface area contributed by atoms with E-state index in [0.717, 1.165) is 103 Å². The third kappa shape index (κ3) is 59.5. The van der Waals surface area contributed by atoms with E-state index in [1.54, 1.807) is 0 Å². The maximum absolute atomic E-state index is 12.9. The minimum absolute atomic E-state index is 0.0840. The van der Waals surface area contributed by atoms with E-state index in [4.69, 9.17) is 14.2 Å². The van der Waals surface area contributed by atoms with Crippen molar-refractivity contribution in [2.75, 3.05) is 13.2 Å². The van der Waals surface area contributed by atoms with Gasteiger partial charge in [-0.25, -0.2) is 0 Å². The number of rotatable bonds is 57. The van der Waals surface area contributed by atoms with E-state index in [-0.39, 0.29) is 31.1 Å². The molecule has 74 heavy (non-hydrogen) atoms. The Balaban J connectivity index is 4.38. The van der Waals surface area contributed by atoms with E-state index < -0.39 is 6.10 Å². The van der Waals surface area contributed by atoms with Crippen LogP contribution in [0.5, 0.6) is 0 Å². The zero-order chi connectivity index (χ0) is 53.6. The summed E-state index contributed by atoms with van der Waals surface area (Å²) in [6, 6.07) is 0. The van der Waals surface area contributed by atoms with Crippen molar-refractivity contribution < 1.29 is 28.6 Å². The zero-order valence-corrected chi connectivity index (χ0v) is 48.8. The fraction of sp³-hybridized carbons (Fsp3) is 0.750. The molecule has 0 aromatic rings. The molecule has 0 spiro atoms. The molecule has 0 amide bonds. The first kappa shape index (κ1) is 70.6. The Labute approximate surface area is 458 Å². The van der Waals surface area contributed by atoms with E-state index in [1.165, 1.54) is 167 Å². The predicted molar refractivity (Wildman–Crippen MR) is 321 cm³/mol. The van der Waals surface area contributed by atoms with Crippen LogP contribution in [0.1, 0.15) is 310 Å². The highest BCUT2D eigenvalue weighted by molar-refractivity contribution is 5.71. The van der Waals surface area contributed by atoms with Crippen molar-refractivity contribution >= 4 is 17.9 Å². The average Bonchev–Trinajstić information content (AvgIpc) is 3.40. The topological polar surface area (TPSA) is 78.9 Å². The molecular formula is C68H118O6. The predicted octanol–water partition coefficient (Wildman–Crippen LogP) is 21.5. The summed E-state index contributed by atoms with van der Waals surface area (Å²) in [5.41, 5.74) is 0. The van der Waals surface area contributed by atoms with Gasteiger partial charge in [-0.15, -0.1) is 0 Å². The summed E-state index contributed by atoms with van der Waals surface area (Å²) in [5.74, 6) is -0.895. The number of carbonyl (C=O) groups excluding carboxylic acids is 3. The van der Waals surface area contributed by atoms with Crippen LogP contribution in [-0.2, 0) is 28.6 Å². The Hall–Kier alpha value is -3.41. The number of allylic oxidation sites excluding steroid dienone is 14. The van der Waals surface area contributed by atoms with Crippen LogP contribution in [0.15, 0.2) is 85.1 Å². The molecule has 1 atom stereocenters. The highest BCUT2D eigenvalue weighted by Crippen LogP contribution is 2.16. The van der Waals surface area contributed by atoms with Gasteiger partial charge in [-0.05, 0) is 116 Å². The molecule has 0 aliphatic heterocycles. The standard InChI is InChI=1S/C68H118O6/c1-4-7-10-13-16-19-22-25-28-31-32-33-34-35-36-38-40-43-46-49-52-55-58-61-67(70)73-64-65(63-72-66(69)60-57-54-51-48-45-42-39-30-27-24-21-18-15-12-9-6-3)74-68(71)62-59-56-53-50-47-44-41-37-29-26-23-20-17-14-11-8-5-2/h7,10,16,19,21,24-26,28-30,32-33,39,65H,4-6,8-9,11-15,17-18,20,22-23,27,31,34-38,40-64H2,1-3H3/b10-7-,19-16-,24-21-,28-25-,29-26-,33-32-,39-30-. The maximum atomic E-state index is 12.9. The Morgan fingerprint density at radius 3 is 0.851 bits per heavy atom. The first-order chi connectivity index (χ1) is 36.5. The van der Waals surface area contributed by atoms with E-state index in [1.807, 2.05) is 0 Å². The van der Waals surface area contributed by atoms with Gasteiger partial charge in [-0.3, -0.25) is 14.4 Å². The third-order valence-electron chi connectivity index (χ3n) is 13.6. The molecule has 0 saturated heterocycles. The van der Waals surface area contributed by atoms with Gasteiger partial charge in [0.15, 0.2) is 6.10 Å². The zero-order valence-electron chi connectivity index (χ0n) is 48.8. The first-order valence-corrected chi connectivity index (χ1v) is 31.6. The lowest BCUT2D eigenvalue weighted by Gasteiger charge is -2.18. The van der Waals surface area contributed by atoms with Crippen molar-refractivity contribution in [1.82, 2.24) is 0 Å². The van der Waals surface area contributed by atoms with Crippen molar-refractivity contribution in [2.45, 2.75) is 316 Å². The van der Waals surface area contributed by atoms with Crippen LogP contribution in [0, 0.1) is 0 Å².